The van der Waals surface area contributed by atoms with Crippen LogP contribution in [0.15, 0.2) is 12.1 Å². The Balaban J connectivity index is 1.86. The number of nitrogen functional groups attached to an aromatic ring is 1. The van der Waals surface area contributed by atoms with Gasteiger partial charge in [-0.3, -0.25) is 0 Å². The summed E-state index contributed by atoms with van der Waals surface area (Å²) in [4.78, 5) is 6.53. The zero-order valence-electron chi connectivity index (χ0n) is 8.90. The molecule has 2 fully saturated rings. The molecular weight excluding hydrogens is 226 g/mol. The second kappa shape index (κ2) is 3.79. The minimum atomic E-state index is 0.348. The molecule has 2 aliphatic heterocycles. The molecule has 0 aromatic carbocycles. The first-order chi connectivity index (χ1) is 7.70. The van der Waals surface area contributed by atoms with E-state index in [-0.39, 0.29) is 0 Å². The van der Waals surface area contributed by atoms with E-state index in [1.807, 2.05) is 6.07 Å². The molecule has 86 valence electrons. The second-order valence-corrected chi connectivity index (χ2v) is 4.83. The van der Waals surface area contributed by atoms with Gasteiger partial charge >= 0.3 is 0 Å². The van der Waals surface area contributed by atoms with Crippen LogP contribution in [0.1, 0.15) is 12.8 Å². The second-order valence-electron chi connectivity index (χ2n) is 4.44. The maximum Gasteiger partial charge on any atom is 0.133 e. The topological polar surface area (TPSA) is 51.4 Å². The summed E-state index contributed by atoms with van der Waals surface area (Å²) in [5.74, 6) is 0.866. The lowest BCUT2D eigenvalue weighted by Crippen LogP contribution is -2.43. The molecule has 4 nitrogen and oxygen atoms in total. The van der Waals surface area contributed by atoms with Gasteiger partial charge in [0.1, 0.15) is 11.0 Å². The summed E-state index contributed by atoms with van der Waals surface area (Å²) in [6.45, 7) is 1.78. The molecule has 0 aliphatic carbocycles. The Morgan fingerprint density at radius 1 is 1.31 bits per heavy atom. The molecule has 2 saturated heterocycles. The van der Waals surface area contributed by atoms with Gasteiger partial charge in [-0.25, -0.2) is 4.98 Å². The number of nitrogens with zero attached hydrogens (tertiary/aromatic N) is 2. The number of aromatic nitrogens is 1. The van der Waals surface area contributed by atoms with Crippen LogP contribution in [-0.2, 0) is 4.74 Å². The normalized spacial score (nSPS) is 28.4. The van der Waals surface area contributed by atoms with Gasteiger partial charge in [-0.05, 0) is 18.9 Å². The summed E-state index contributed by atoms with van der Waals surface area (Å²) >= 11 is 5.91. The lowest BCUT2D eigenvalue weighted by Gasteiger charge is -2.33. The van der Waals surface area contributed by atoms with Crippen molar-refractivity contribution in [1.29, 1.82) is 0 Å². The molecule has 0 saturated carbocycles. The molecule has 2 aliphatic rings. The fourth-order valence-electron chi connectivity index (χ4n) is 2.47. The van der Waals surface area contributed by atoms with Crippen LogP contribution in [0, 0.1) is 0 Å². The van der Waals surface area contributed by atoms with Crippen LogP contribution in [0.4, 0.5) is 11.5 Å². The van der Waals surface area contributed by atoms with Crippen molar-refractivity contribution in [2.24, 2.45) is 0 Å². The quantitative estimate of drug-likeness (QED) is 0.758. The first-order valence-electron chi connectivity index (χ1n) is 5.54. The highest BCUT2D eigenvalue weighted by Crippen LogP contribution is 2.30. The van der Waals surface area contributed by atoms with Crippen molar-refractivity contribution in [3.63, 3.8) is 0 Å². The van der Waals surface area contributed by atoms with Crippen molar-refractivity contribution >= 4 is 23.1 Å². The largest absolute Gasteiger partial charge is 0.399 e. The van der Waals surface area contributed by atoms with Crippen LogP contribution in [0.3, 0.4) is 0 Å². The average Bonchev–Trinajstić information content (AvgIpc) is 2.56. The van der Waals surface area contributed by atoms with E-state index < -0.39 is 0 Å². The molecule has 3 heterocycles. The summed E-state index contributed by atoms with van der Waals surface area (Å²) in [7, 11) is 0. The maximum atomic E-state index is 5.91. The van der Waals surface area contributed by atoms with Gasteiger partial charge in [0.25, 0.3) is 0 Å². The first-order valence-corrected chi connectivity index (χ1v) is 5.92. The van der Waals surface area contributed by atoms with Crippen LogP contribution in [0.25, 0.3) is 0 Å². The lowest BCUT2D eigenvalue weighted by atomic mass is 10.2. The van der Waals surface area contributed by atoms with Crippen LogP contribution < -0.4 is 10.6 Å². The number of morpholine rings is 1. The SMILES string of the molecule is Nc1cc(Cl)nc(N2CC3CCC(C2)O3)c1. The Morgan fingerprint density at radius 3 is 2.62 bits per heavy atom. The van der Waals surface area contributed by atoms with Gasteiger partial charge in [-0.1, -0.05) is 11.6 Å². The maximum absolute atomic E-state index is 5.91. The molecule has 1 aromatic heterocycles. The number of fused-ring (bicyclic) bond motifs is 2. The van der Waals surface area contributed by atoms with E-state index in [1.54, 1.807) is 6.07 Å². The smallest absolute Gasteiger partial charge is 0.133 e. The molecular formula is C11H14ClN3O. The van der Waals surface area contributed by atoms with E-state index in [1.165, 1.54) is 0 Å². The van der Waals surface area contributed by atoms with Crippen molar-refractivity contribution in [2.75, 3.05) is 23.7 Å². The molecule has 2 N–H and O–H groups in total. The summed E-state index contributed by atoms with van der Waals surface area (Å²) < 4.78 is 5.78. The Kier molecular flexibility index (Phi) is 2.41. The van der Waals surface area contributed by atoms with Crippen molar-refractivity contribution in [1.82, 2.24) is 4.98 Å². The van der Waals surface area contributed by atoms with Crippen molar-refractivity contribution in [3.8, 4) is 0 Å². The highest BCUT2D eigenvalue weighted by atomic mass is 35.5. The number of rotatable bonds is 1. The minimum Gasteiger partial charge on any atom is -0.399 e. The molecule has 0 amide bonds. The predicted molar refractivity (Wildman–Crippen MR) is 63.8 cm³/mol. The van der Waals surface area contributed by atoms with Crippen LogP contribution >= 0.6 is 11.6 Å². The van der Waals surface area contributed by atoms with E-state index >= 15 is 0 Å². The zero-order valence-corrected chi connectivity index (χ0v) is 9.65. The lowest BCUT2D eigenvalue weighted by molar-refractivity contribution is 0.0302. The van der Waals surface area contributed by atoms with Gasteiger partial charge in [0, 0.05) is 24.8 Å². The number of pyridine rings is 1. The van der Waals surface area contributed by atoms with Gasteiger partial charge in [-0.15, -0.1) is 0 Å². The molecule has 16 heavy (non-hydrogen) atoms. The third-order valence-electron chi connectivity index (χ3n) is 3.17. The number of ether oxygens (including phenoxy) is 1. The number of nitrogens with two attached hydrogens (primary N) is 1. The third kappa shape index (κ3) is 1.83. The van der Waals surface area contributed by atoms with Crippen LogP contribution in [0.2, 0.25) is 5.15 Å². The number of anilines is 2. The third-order valence-corrected chi connectivity index (χ3v) is 3.36. The number of hydrogen-bond acceptors (Lipinski definition) is 4. The van der Waals surface area contributed by atoms with Gasteiger partial charge in [-0.2, -0.15) is 0 Å². The summed E-state index contributed by atoms with van der Waals surface area (Å²) in [6, 6.07) is 3.54. The fraction of sp³-hybridized carbons (Fsp3) is 0.545. The van der Waals surface area contributed by atoms with Gasteiger partial charge < -0.3 is 15.4 Å². The molecule has 5 heteroatoms. The number of hydrogen-bond donors (Lipinski definition) is 1. The predicted octanol–water partition coefficient (Wildman–Crippen LogP) is 1.68. The molecule has 0 radical (unpaired) electrons. The summed E-state index contributed by atoms with van der Waals surface area (Å²) in [6.07, 6.45) is 3.00. The summed E-state index contributed by atoms with van der Waals surface area (Å²) in [5, 5.41) is 0.453. The molecule has 2 bridgehead atoms. The molecule has 2 unspecified atom stereocenters. The molecule has 0 spiro atoms. The van der Waals surface area contributed by atoms with Crippen LogP contribution in [-0.4, -0.2) is 30.3 Å². The average molecular weight is 240 g/mol. The van der Waals surface area contributed by atoms with Crippen molar-refractivity contribution in [3.05, 3.63) is 17.3 Å². The highest BCUT2D eigenvalue weighted by Gasteiger charge is 2.34. The Labute approximate surface area is 99.3 Å². The van der Waals surface area contributed by atoms with Gasteiger partial charge in [0.2, 0.25) is 0 Å². The molecule has 1 aromatic rings. The first kappa shape index (κ1) is 10.2. The Bertz CT molecular complexity index is 380. The highest BCUT2D eigenvalue weighted by molar-refractivity contribution is 6.29. The molecule has 2 atom stereocenters. The monoisotopic (exact) mass is 239 g/mol. The number of halogens is 1. The Morgan fingerprint density at radius 2 is 2.00 bits per heavy atom. The van der Waals surface area contributed by atoms with E-state index in [4.69, 9.17) is 22.1 Å². The van der Waals surface area contributed by atoms with Crippen molar-refractivity contribution < 1.29 is 4.74 Å². The van der Waals surface area contributed by atoms with E-state index in [0.29, 0.717) is 23.0 Å². The van der Waals surface area contributed by atoms with Crippen molar-refractivity contribution in [2.45, 2.75) is 25.0 Å². The van der Waals surface area contributed by atoms with E-state index in [2.05, 4.69) is 9.88 Å². The van der Waals surface area contributed by atoms with E-state index in [0.717, 1.165) is 31.7 Å². The zero-order chi connectivity index (χ0) is 11.1. The minimum absolute atomic E-state index is 0.348. The fourth-order valence-corrected chi connectivity index (χ4v) is 2.68. The Hall–Kier alpha value is -1.00. The van der Waals surface area contributed by atoms with Crippen LogP contribution in [0.5, 0.6) is 0 Å². The van der Waals surface area contributed by atoms with Gasteiger partial charge in [0.05, 0.1) is 12.2 Å². The summed E-state index contributed by atoms with van der Waals surface area (Å²) in [5.41, 5.74) is 6.43. The van der Waals surface area contributed by atoms with Gasteiger partial charge in [0.15, 0.2) is 0 Å². The standard InChI is InChI=1S/C11H14ClN3O/c12-10-3-7(13)4-11(14-10)15-5-8-1-2-9(6-15)16-8/h3-4,8-9H,1-2,5-6H2,(H2,13,14). The molecule has 3 rings (SSSR count). The van der Waals surface area contributed by atoms with E-state index in [9.17, 15) is 0 Å².